The van der Waals surface area contributed by atoms with Crippen LogP contribution in [0.15, 0.2) is 60.9 Å². The average molecular weight is 433 g/mol. The van der Waals surface area contributed by atoms with Gasteiger partial charge in [-0.15, -0.1) is 0 Å². The van der Waals surface area contributed by atoms with E-state index in [-0.39, 0.29) is 16.9 Å². The molecule has 4 rings (SSSR count). The molecule has 0 aliphatic rings. The van der Waals surface area contributed by atoms with E-state index in [1.165, 1.54) is 0 Å². The van der Waals surface area contributed by atoms with Gasteiger partial charge in [0.1, 0.15) is 11.5 Å². The van der Waals surface area contributed by atoms with E-state index >= 15 is 0 Å². The van der Waals surface area contributed by atoms with Crippen molar-refractivity contribution in [3.05, 3.63) is 77.3 Å². The number of fused-ring (bicyclic) bond motifs is 1. The van der Waals surface area contributed by atoms with Crippen LogP contribution in [0.3, 0.4) is 0 Å². The van der Waals surface area contributed by atoms with Crippen LogP contribution in [0.4, 0.5) is 18.9 Å². The van der Waals surface area contributed by atoms with Gasteiger partial charge in [0.15, 0.2) is 5.82 Å². The summed E-state index contributed by atoms with van der Waals surface area (Å²) < 4.78 is 44.6. The lowest BCUT2D eigenvalue weighted by molar-refractivity contribution is -0.137. The maximum absolute atomic E-state index is 13.0. The van der Waals surface area contributed by atoms with Gasteiger partial charge in [-0.1, -0.05) is 11.6 Å². The fraction of sp³-hybridized carbons (Fsp3) is 0.0500. The van der Waals surface area contributed by atoms with Crippen LogP contribution < -0.4 is 10.1 Å². The van der Waals surface area contributed by atoms with E-state index in [1.54, 1.807) is 48.8 Å². The Morgan fingerprint density at radius 1 is 1.10 bits per heavy atom. The zero-order chi connectivity index (χ0) is 21.3. The summed E-state index contributed by atoms with van der Waals surface area (Å²) in [6, 6.07) is 11.9. The number of halogens is 4. The number of aromatic nitrogens is 3. The van der Waals surface area contributed by atoms with Crippen molar-refractivity contribution < 1.29 is 22.7 Å². The van der Waals surface area contributed by atoms with Crippen molar-refractivity contribution in [1.82, 2.24) is 15.0 Å². The minimum atomic E-state index is -4.61. The van der Waals surface area contributed by atoms with Crippen molar-refractivity contribution in [2.45, 2.75) is 6.18 Å². The number of hydrogen-bond acceptors (Lipinski definition) is 4. The zero-order valence-corrected chi connectivity index (χ0v) is 15.8. The quantitative estimate of drug-likeness (QED) is 0.435. The fourth-order valence-corrected chi connectivity index (χ4v) is 2.96. The molecule has 4 aromatic rings. The lowest BCUT2D eigenvalue weighted by Crippen LogP contribution is -2.13. The highest BCUT2D eigenvalue weighted by Gasteiger charge is 2.34. The van der Waals surface area contributed by atoms with Crippen molar-refractivity contribution in [3.63, 3.8) is 0 Å². The van der Waals surface area contributed by atoms with Crippen molar-refractivity contribution in [1.29, 1.82) is 0 Å². The molecule has 0 atom stereocenters. The van der Waals surface area contributed by atoms with Crippen LogP contribution >= 0.6 is 11.6 Å². The molecule has 0 aliphatic heterocycles. The van der Waals surface area contributed by atoms with Crippen molar-refractivity contribution in [3.8, 4) is 11.5 Å². The highest BCUT2D eigenvalue weighted by Crippen LogP contribution is 2.36. The number of H-pyrrole nitrogens is 1. The van der Waals surface area contributed by atoms with Crippen LogP contribution in [0.2, 0.25) is 5.02 Å². The third-order valence-electron chi connectivity index (χ3n) is 4.07. The molecule has 152 valence electrons. The van der Waals surface area contributed by atoms with Crippen LogP contribution in [0.25, 0.3) is 11.0 Å². The third kappa shape index (κ3) is 4.20. The second-order valence-corrected chi connectivity index (χ2v) is 6.61. The molecule has 0 aliphatic carbocycles. The zero-order valence-electron chi connectivity index (χ0n) is 15.0. The molecule has 2 aromatic heterocycles. The molecule has 0 spiro atoms. The number of anilines is 1. The monoisotopic (exact) mass is 432 g/mol. The first-order valence-corrected chi connectivity index (χ1v) is 8.93. The molecule has 0 unspecified atom stereocenters. The van der Waals surface area contributed by atoms with Gasteiger partial charge < -0.3 is 15.0 Å². The van der Waals surface area contributed by atoms with Gasteiger partial charge in [-0.25, -0.2) is 4.98 Å². The number of nitrogens with zero attached hydrogens (tertiary/aromatic N) is 2. The van der Waals surface area contributed by atoms with Gasteiger partial charge in [-0.2, -0.15) is 13.2 Å². The number of ether oxygens (including phenoxy) is 1. The molecular formula is C20H12ClF3N4O2. The smallest absolute Gasteiger partial charge is 0.417 e. The van der Waals surface area contributed by atoms with E-state index in [2.05, 4.69) is 20.3 Å². The molecule has 0 saturated heterocycles. The number of carbonyl (C=O) groups is 1. The van der Waals surface area contributed by atoms with E-state index in [0.717, 1.165) is 12.1 Å². The molecule has 0 fully saturated rings. The summed E-state index contributed by atoms with van der Waals surface area (Å²) in [5, 5.41) is 2.13. The molecule has 0 radical (unpaired) electrons. The molecule has 6 nitrogen and oxygen atoms in total. The minimum Gasteiger partial charge on any atom is -0.456 e. The van der Waals surface area contributed by atoms with Crippen LogP contribution in [0.1, 0.15) is 16.2 Å². The van der Waals surface area contributed by atoms with E-state index in [4.69, 9.17) is 16.3 Å². The van der Waals surface area contributed by atoms with Crippen LogP contribution in [0, 0.1) is 0 Å². The Hall–Kier alpha value is -3.59. The van der Waals surface area contributed by atoms with E-state index in [9.17, 15) is 18.0 Å². The average Bonchev–Trinajstić information content (AvgIpc) is 3.12. The summed E-state index contributed by atoms with van der Waals surface area (Å²) in [7, 11) is 0. The SMILES string of the molecule is O=C(Nc1ccc(Oc2cccnc2)cc1)c1nc2cc(Cl)c(C(F)(F)F)cc2[nH]1. The first kappa shape index (κ1) is 19.7. The topological polar surface area (TPSA) is 79.9 Å². The number of hydrogen-bond donors (Lipinski definition) is 2. The lowest BCUT2D eigenvalue weighted by Gasteiger charge is -2.08. The summed E-state index contributed by atoms with van der Waals surface area (Å²) >= 11 is 5.69. The number of alkyl halides is 3. The largest absolute Gasteiger partial charge is 0.456 e. The van der Waals surface area contributed by atoms with Crippen LogP contribution in [-0.2, 0) is 6.18 Å². The normalized spacial score (nSPS) is 11.5. The molecule has 2 heterocycles. The van der Waals surface area contributed by atoms with E-state index in [0.29, 0.717) is 17.2 Å². The molecule has 0 bridgehead atoms. The summed E-state index contributed by atoms with van der Waals surface area (Å²) in [6.07, 6.45) is -1.42. The summed E-state index contributed by atoms with van der Waals surface area (Å²) in [6.45, 7) is 0. The number of nitrogens with one attached hydrogen (secondary N) is 2. The van der Waals surface area contributed by atoms with Crippen LogP contribution in [0.5, 0.6) is 11.5 Å². The van der Waals surface area contributed by atoms with Gasteiger partial charge in [-0.05, 0) is 48.5 Å². The van der Waals surface area contributed by atoms with Crippen molar-refractivity contribution in [2.75, 3.05) is 5.32 Å². The van der Waals surface area contributed by atoms with Crippen molar-refractivity contribution in [2.24, 2.45) is 0 Å². The first-order chi connectivity index (χ1) is 14.3. The van der Waals surface area contributed by atoms with Gasteiger partial charge in [0.25, 0.3) is 5.91 Å². The predicted molar refractivity (Wildman–Crippen MR) is 105 cm³/mol. The Bertz CT molecular complexity index is 1210. The van der Waals surface area contributed by atoms with Gasteiger partial charge in [-0.3, -0.25) is 9.78 Å². The number of imidazole rings is 1. The summed E-state index contributed by atoms with van der Waals surface area (Å²) in [5.74, 6) is 0.348. The molecule has 10 heteroatoms. The number of pyridine rings is 1. The number of amides is 1. The number of aromatic amines is 1. The molecule has 2 aromatic carbocycles. The molecule has 1 amide bonds. The van der Waals surface area contributed by atoms with E-state index in [1.807, 2.05) is 0 Å². The Kier molecular flexibility index (Phi) is 5.04. The highest BCUT2D eigenvalue weighted by molar-refractivity contribution is 6.32. The standard InChI is InChI=1S/C20H12ClF3N4O2/c21-15-9-17-16(8-14(15)20(22,23)24)27-18(28-17)19(29)26-11-3-5-12(6-4-11)30-13-2-1-7-25-10-13/h1-10H,(H,26,29)(H,27,28). The maximum atomic E-state index is 13.0. The Balaban J connectivity index is 1.50. The van der Waals surface area contributed by atoms with Crippen molar-refractivity contribution >= 4 is 34.2 Å². The fourth-order valence-electron chi connectivity index (χ4n) is 2.70. The predicted octanol–water partition coefficient (Wildman–Crippen LogP) is 5.67. The molecule has 30 heavy (non-hydrogen) atoms. The number of rotatable bonds is 4. The minimum absolute atomic E-state index is 0.0529. The molecular weight excluding hydrogens is 421 g/mol. The first-order valence-electron chi connectivity index (χ1n) is 8.55. The van der Waals surface area contributed by atoms with Crippen LogP contribution in [-0.4, -0.2) is 20.9 Å². The van der Waals surface area contributed by atoms with Gasteiger partial charge in [0, 0.05) is 11.9 Å². The van der Waals surface area contributed by atoms with E-state index < -0.39 is 22.7 Å². The highest BCUT2D eigenvalue weighted by atomic mass is 35.5. The Morgan fingerprint density at radius 3 is 2.53 bits per heavy atom. The molecule has 2 N–H and O–H groups in total. The second kappa shape index (κ2) is 7.68. The second-order valence-electron chi connectivity index (χ2n) is 6.20. The van der Waals surface area contributed by atoms with Gasteiger partial charge in [0.2, 0.25) is 0 Å². The Labute approximate surface area is 172 Å². The summed E-state index contributed by atoms with van der Waals surface area (Å²) in [5.41, 5.74) is -0.347. The number of benzene rings is 2. The summed E-state index contributed by atoms with van der Waals surface area (Å²) in [4.78, 5) is 23.0. The van der Waals surface area contributed by atoms with Gasteiger partial charge in [0.05, 0.1) is 27.8 Å². The molecule has 0 saturated carbocycles. The van der Waals surface area contributed by atoms with Gasteiger partial charge >= 0.3 is 6.18 Å². The lowest BCUT2D eigenvalue weighted by atomic mass is 10.2. The Morgan fingerprint density at radius 2 is 1.87 bits per heavy atom. The third-order valence-corrected chi connectivity index (χ3v) is 4.39. The number of carbonyl (C=O) groups excluding carboxylic acids is 1. The maximum Gasteiger partial charge on any atom is 0.417 e.